The van der Waals surface area contributed by atoms with Gasteiger partial charge < -0.3 is 4.74 Å². The number of benzene rings is 1. The Hall–Kier alpha value is -0.820. The van der Waals surface area contributed by atoms with E-state index in [4.69, 9.17) is 4.74 Å². The molecule has 1 aliphatic heterocycles. The fourth-order valence-corrected chi connectivity index (χ4v) is 3.24. The van der Waals surface area contributed by atoms with Crippen LogP contribution in [0.15, 0.2) is 30.3 Å². The van der Waals surface area contributed by atoms with Crippen LogP contribution in [0.25, 0.3) is 0 Å². The van der Waals surface area contributed by atoms with Crippen molar-refractivity contribution in [2.24, 2.45) is 17.8 Å². The van der Waals surface area contributed by atoms with Gasteiger partial charge in [0.1, 0.15) is 0 Å². The molecule has 1 saturated heterocycles. The van der Waals surface area contributed by atoms with Gasteiger partial charge in [0.05, 0.1) is 13.2 Å². The summed E-state index contributed by atoms with van der Waals surface area (Å²) < 4.78 is 5.55. The van der Waals surface area contributed by atoms with Crippen molar-refractivity contribution in [2.45, 2.75) is 12.8 Å². The van der Waals surface area contributed by atoms with Crippen molar-refractivity contribution >= 4 is 0 Å². The first kappa shape index (κ1) is 8.49. The van der Waals surface area contributed by atoms with Crippen molar-refractivity contribution in [1.82, 2.24) is 0 Å². The number of ether oxygens (including phenoxy) is 1. The molecule has 14 heavy (non-hydrogen) atoms. The van der Waals surface area contributed by atoms with Crippen LogP contribution in [0.5, 0.6) is 0 Å². The van der Waals surface area contributed by atoms with E-state index >= 15 is 0 Å². The summed E-state index contributed by atoms with van der Waals surface area (Å²) in [6.07, 6.45) is 0. The summed E-state index contributed by atoms with van der Waals surface area (Å²) in [6, 6.07) is 10.9. The Balaban J connectivity index is 1.87. The van der Waals surface area contributed by atoms with Crippen LogP contribution in [0.2, 0.25) is 0 Å². The fourth-order valence-electron chi connectivity index (χ4n) is 3.24. The molecule has 1 saturated carbocycles. The second-order valence-electron chi connectivity index (χ2n) is 4.66. The molecule has 0 aromatic heterocycles. The molecule has 0 N–H and O–H groups in total. The van der Waals surface area contributed by atoms with Gasteiger partial charge in [-0.3, -0.25) is 0 Å². The van der Waals surface area contributed by atoms with Crippen molar-refractivity contribution < 1.29 is 4.74 Å². The smallest absolute Gasteiger partial charge is 0.0503 e. The highest BCUT2D eigenvalue weighted by atomic mass is 16.5. The number of rotatable bonds is 1. The van der Waals surface area contributed by atoms with Crippen LogP contribution < -0.4 is 0 Å². The average Bonchev–Trinajstić information content (AvgIpc) is 2.63. The minimum absolute atomic E-state index is 0.753. The molecule has 1 aromatic rings. The molecule has 0 radical (unpaired) electrons. The van der Waals surface area contributed by atoms with Gasteiger partial charge >= 0.3 is 0 Å². The second-order valence-corrected chi connectivity index (χ2v) is 4.66. The summed E-state index contributed by atoms with van der Waals surface area (Å²) >= 11 is 0. The summed E-state index contributed by atoms with van der Waals surface area (Å²) in [5, 5.41) is 0. The Morgan fingerprint density at radius 1 is 1.07 bits per heavy atom. The first-order chi connectivity index (χ1) is 6.88. The van der Waals surface area contributed by atoms with Gasteiger partial charge in [0.15, 0.2) is 0 Å². The van der Waals surface area contributed by atoms with Crippen LogP contribution in [-0.2, 0) is 4.74 Å². The topological polar surface area (TPSA) is 9.23 Å². The molecule has 0 bridgehead atoms. The van der Waals surface area contributed by atoms with Gasteiger partial charge in [0, 0.05) is 0 Å². The fraction of sp³-hybridized carbons (Fsp3) is 0.538. The monoisotopic (exact) mass is 188 g/mol. The van der Waals surface area contributed by atoms with Gasteiger partial charge in [-0.15, -0.1) is 0 Å². The molecule has 4 atom stereocenters. The highest BCUT2D eigenvalue weighted by Gasteiger charge is 2.51. The van der Waals surface area contributed by atoms with Crippen LogP contribution in [0.4, 0.5) is 0 Å². The normalized spacial score (nSPS) is 40.4. The molecule has 1 heteroatoms. The third-order valence-corrected chi connectivity index (χ3v) is 4.06. The SMILES string of the molecule is C[C@H]1C(c2ccccc2)[C@@H]2COC[C@H]12. The maximum absolute atomic E-state index is 5.55. The highest BCUT2D eigenvalue weighted by Crippen LogP contribution is 2.54. The Morgan fingerprint density at radius 2 is 1.79 bits per heavy atom. The molecule has 1 unspecified atom stereocenters. The van der Waals surface area contributed by atoms with Crippen molar-refractivity contribution in [3.63, 3.8) is 0 Å². The largest absolute Gasteiger partial charge is 0.381 e. The predicted molar refractivity (Wildman–Crippen MR) is 56.1 cm³/mol. The standard InChI is InChI=1S/C13H16O/c1-9-11-7-14-8-12(11)13(9)10-5-3-2-4-6-10/h2-6,9,11-13H,7-8H2,1H3/t9-,11-,12-,13?/m1/s1. The average molecular weight is 188 g/mol. The van der Waals surface area contributed by atoms with E-state index in [-0.39, 0.29) is 0 Å². The van der Waals surface area contributed by atoms with Crippen LogP contribution >= 0.6 is 0 Å². The predicted octanol–water partition coefficient (Wildman–Crippen LogP) is 2.68. The molecule has 1 heterocycles. The molecule has 3 rings (SSSR count). The summed E-state index contributed by atoms with van der Waals surface area (Å²) in [5.41, 5.74) is 1.51. The second kappa shape index (κ2) is 3.09. The molecule has 0 spiro atoms. The third-order valence-electron chi connectivity index (χ3n) is 4.06. The Kier molecular flexibility index (Phi) is 1.88. The van der Waals surface area contributed by atoms with Crippen LogP contribution in [0, 0.1) is 17.8 Å². The Bertz CT molecular complexity index is 319. The molecule has 74 valence electrons. The maximum atomic E-state index is 5.55. The van der Waals surface area contributed by atoms with E-state index in [1.807, 2.05) is 0 Å². The van der Waals surface area contributed by atoms with Gasteiger partial charge in [-0.2, -0.15) is 0 Å². The zero-order valence-corrected chi connectivity index (χ0v) is 8.52. The van der Waals surface area contributed by atoms with Crippen LogP contribution in [0.3, 0.4) is 0 Å². The van der Waals surface area contributed by atoms with E-state index in [1.54, 1.807) is 0 Å². The van der Waals surface area contributed by atoms with Gasteiger partial charge in [0.25, 0.3) is 0 Å². The van der Waals surface area contributed by atoms with Gasteiger partial charge in [-0.1, -0.05) is 37.3 Å². The van der Waals surface area contributed by atoms with E-state index in [2.05, 4.69) is 37.3 Å². The Labute approximate surface area is 85.1 Å². The molecule has 1 aromatic carbocycles. The van der Waals surface area contributed by atoms with Crippen LogP contribution in [0.1, 0.15) is 18.4 Å². The zero-order valence-electron chi connectivity index (χ0n) is 8.52. The molecular weight excluding hydrogens is 172 g/mol. The van der Waals surface area contributed by atoms with Gasteiger partial charge in [-0.25, -0.2) is 0 Å². The van der Waals surface area contributed by atoms with E-state index < -0.39 is 0 Å². The summed E-state index contributed by atoms with van der Waals surface area (Å²) in [7, 11) is 0. The third kappa shape index (κ3) is 1.05. The van der Waals surface area contributed by atoms with Crippen LogP contribution in [-0.4, -0.2) is 13.2 Å². The highest BCUT2D eigenvalue weighted by molar-refractivity contribution is 5.25. The van der Waals surface area contributed by atoms with Gasteiger partial charge in [0.2, 0.25) is 0 Å². The zero-order chi connectivity index (χ0) is 9.54. The summed E-state index contributed by atoms with van der Waals surface area (Å²) in [4.78, 5) is 0. The minimum Gasteiger partial charge on any atom is -0.381 e. The van der Waals surface area contributed by atoms with Crippen molar-refractivity contribution in [3.8, 4) is 0 Å². The molecule has 1 nitrogen and oxygen atoms in total. The quantitative estimate of drug-likeness (QED) is 0.658. The first-order valence-corrected chi connectivity index (χ1v) is 5.50. The lowest BCUT2D eigenvalue weighted by Gasteiger charge is -2.46. The minimum atomic E-state index is 0.753. The van der Waals surface area contributed by atoms with E-state index in [0.29, 0.717) is 0 Å². The van der Waals surface area contributed by atoms with Crippen molar-refractivity contribution in [1.29, 1.82) is 0 Å². The van der Waals surface area contributed by atoms with E-state index in [9.17, 15) is 0 Å². The molecule has 0 amide bonds. The first-order valence-electron chi connectivity index (χ1n) is 5.50. The number of fused-ring (bicyclic) bond motifs is 1. The molecule has 2 aliphatic rings. The van der Waals surface area contributed by atoms with E-state index in [0.717, 1.165) is 36.9 Å². The molecular formula is C13H16O. The Morgan fingerprint density at radius 3 is 2.57 bits per heavy atom. The summed E-state index contributed by atoms with van der Waals surface area (Å²) in [5.74, 6) is 3.20. The van der Waals surface area contributed by atoms with Gasteiger partial charge in [-0.05, 0) is 29.2 Å². The van der Waals surface area contributed by atoms with Crippen molar-refractivity contribution in [2.75, 3.05) is 13.2 Å². The number of hydrogen-bond acceptors (Lipinski definition) is 1. The maximum Gasteiger partial charge on any atom is 0.0503 e. The number of hydrogen-bond donors (Lipinski definition) is 0. The summed E-state index contributed by atoms with van der Waals surface area (Å²) in [6.45, 7) is 4.34. The lowest BCUT2D eigenvalue weighted by Crippen LogP contribution is -2.42. The molecule has 2 fully saturated rings. The lowest BCUT2D eigenvalue weighted by atomic mass is 9.57. The van der Waals surface area contributed by atoms with Crippen molar-refractivity contribution in [3.05, 3.63) is 35.9 Å². The lowest BCUT2D eigenvalue weighted by molar-refractivity contribution is 0.0929. The molecule has 1 aliphatic carbocycles. The van der Waals surface area contributed by atoms with E-state index in [1.165, 1.54) is 5.56 Å².